The third kappa shape index (κ3) is 4.67. The van der Waals surface area contributed by atoms with Crippen molar-refractivity contribution in [1.29, 1.82) is 0 Å². The summed E-state index contributed by atoms with van der Waals surface area (Å²) in [5, 5.41) is 20.8. The number of phenols is 1. The molecule has 2 aromatic heterocycles. The lowest BCUT2D eigenvalue weighted by molar-refractivity contribution is -0.872. The van der Waals surface area contributed by atoms with Crippen molar-refractivity contribution in [2.45, 2.75) is 13.5 Å². The molecular formula is C19H20N2O5. The largest absolute Gasteiger partial charge is 0.545 e. The lowest BCUT2D eigenvalue weighted by atomic mass is 10.1. The molecule has 0 bridgehead atoms. The summed E-state index contributed by atoms with van der Waals surface area (Å²) in [5.74, 6) is -1.02. The molecule has 7 heteroatoms. The van der Waals surface area contributed by atoms with Gasteiger partial charge < -0.3 is 24.3 Å². The first kappa shape index (κ1) is 19.1. The summed E-state index contributed by atoms with van der Waals surface area (Å²) in [4.78, 5) is 26.2. The summed E-state index contributed by atoms with van der Waals surface area (Å²) in [6.45, 7) is 2.47. The molecule has 26 heavy (non-hydrogen) atoms. The highest BCUT2D eigenvalue weighted by molar-refractivity contribution is 5.85. The predicted molar refractivity (Wildman–Crippen MR) is 94.0 cm³/mol. The van der Waals surface area contributed by atoms with Crippen LogP contribution in [0, 0.1) is 6.92 Å². The third-order valence-electron chi connectivity index (χ3n) is 3.63. The maximum atomic E-state index is 11.4. The number of carboxylic acid groups (broad SMARTS) is 1. The van der Waals surface area contributed by atoms with Gasteiger partial charge in [-0.3, -0.25) is 4.98 Å². The molecular weight excluding hydrogens is 336 g/mol. The Morgan fingerprint density at radius 2 is 2.04 bits per heavy atom. The van der Waals surface area contributed by atoms with E-state index in [-0.39, 0.29) is 16.9 Å². The fourth-order valence-corrected chi connectivity index (χ4v) is 2.44. The molecule has 7 nitrogen and oxygen atoms in total. The van der Waals surface area contributed by atoms with Gasteiger partial charge in [0.2, 0.25) is 0 Å². The number of carbonyl (C=O) groups is 1. The van der Waals surface area contributed by atoms with Gasteiger partial charge in [0.1, 0.15) is 12.3 Å². The molecule has 0 aliphatic carbocycles. The lowest BCUT2D eigenvalue weighted by Crippen LogP contribution is -3.04. The first-order chi connectivity index (χ1) is 12.3. The number of hydrogen-bond donors (Lipinski definition) is 2. The second-order valence-corrected chi connectivity index (χ2v) is 6.10. The van der Waals surface area contributed by atoms with Crippen LogP contribution in [0.1, 0.15) is 21.5 Å². The number of fused-ring (bicyclic) bond motifs is 1. The highest BCUT2D eigenvalue weighted by atomic mass is 16.4. The van der Waals surface area contributed by atoms with Crippen LogP contribution in [0.2, 0.25) is 0 Å². The van der Waals surface area contributed by atoms with Crippen LogP contribution in [0.5, 0.6) is 5.75 Å². The molecule has 0 unspecified atom stereocenters. The third-order valence-corrected chi connectivity index (χ3v) is 3.63. The van der Waals surface area contributed by atoms with Gasteiger partial charge in [0.05, 0.1) is 25.6 Å². The Morgan fingerprint density at radius 1 is 1.31 bits per heavy atom. The van der Waals surface area contributed by atoms with Crippen molar-refractivity contribution in [3.8, 4) is 5.75 Å². The SMILES string of the molecule is Cc1cc(=O)oc2c(C[NH+](C)C)c(O)ccc12.O=C([O-])c1cccnc1. The van der Waals surface area contributed by atoms with Crippen molar-refractivity contribution in [1.82, 2.24) is 4.98 Å². The maximum absolute atomic E-state index is 11.4. The summed E-state index contributed by atoms with van der Waals surface area (Å²) in [7, 11) is 3.96. The molecule has 0 amide bonds. The zero-order chi connectivity index (χ0) is 19.3. The molecule has 0 atom stereocenters. The number of nitrogens with zero attached hydrogens (tertiary/aromatic N) is 1. The van der Waals surface area contributed by atoms with Gasteiger partial charge in [-0.05, 0) is 30.7 Å². The maximum Gasteiger partial charge on any atom is 0.336 e. The van der Waals surface area contributed by atoms with Gasteiger partial charge >= 0.3 is 5.63 Å². The second kappa shape index (κ2) is 8.26. The summed E-state index contributed by atoms with van der Waals surface area (Å²) >= 11 is 0. The molecule has 136 valence electrons. The Bertz CT molecular complexity index is 965. The van der Waals surface area contributed by atoms with E-state index in [1.807, 2.05) is 21.0 Å². The van der Waals surface area contributed by atoms with E-state index in [0.29, 0.717) is 17.7 Å². The van der Waals surface area contributed by atoms with Crippen LogP contribution in [-0.4, -0.2) is 30.2 Å². The van der Waals surface area contributed by atoms with Crippen molar-refractivity contribution in [3.05, 3.63) is 69.8 Å². The van der Waals surface area contributed by atoms with Crippen molar-refractivity contribution in [2.24, 2.45) is 0 Å². The van der Waals surface area contributed by atoms with Crippen molar-refractivity contribution in [3.63, 3.8) is 0 Å². The fraction of sp³-hybridized carbons (Fsp3) is 0.211. The van der Waals surface area contributed by atoms with Crippen LogP contribution in [0.4, 0.5) is 0 Å². The summed E-state index contributed by atoms with van der Waals surface area (Å²) in [6.07, 6.45) is 2.75. The van der Waals surface area contributed by atoms with E-state index in [1.165, 1.54) is 24.5 Å². The number of rotatable bonds is 3. The quantitative estimate of drug-likeness (QED) is 0.635. The highest BCUT2D eigenvalue weighted by Gasteiger charge is 2.14. The molecule has 0 aliphatic heterocycles. The zero-order valence-electron chi connectivity index (χ0n) is 14.8. The summed E-state index contributed by atoms with van der Waals surface area (Å²) in [6, 6.07) is 7.87. The Balaban J connectivity index is 0.000000228. The van der Waals surface area contributed by atoms with E-state index in [4.69, 9.17) is 4.42 Å². The number of aromatic carboxylic acids is 1. The number of nitrogens with one attached hydrogen (secondary N) is 1. The molecule has 0 fully saturated rings. The lowest BCUT2D eigenvalue weighted by Gasteiger charge is -2.11. The summed E-state index contributed by atoms with van der Waals surface area (Å²) < 4.78 is 5.23. The van der Waals surface area contributed by atoms with Crippen LogP contribution >= 0.6 is 0 Å². The standard InChI is InChI=1S/C13H15NO3.C6H5NO2/c1-8-6-12(16)17-13-9(8)4-5-11(15)10(13)7-14(2)3;8-6(9)5-2-1-3-7-4-5/h4-6,15H,7H2,1-3H3;1-4H,(H,8,9). The summed E-state index contributed by atoms with van der Waals surface area (Å²) in [5.41, 5.74) is 1.78. The normalized spacial score (nSPS) is 10.5. The molecule has 0 spiro atoms. The van der Waals surface area contributed by atoms with E-state index in [9.17, 15) is 19.8 Å². The average Bonchev–Trinajstić information content (AvgIpc) is 2.58. The van der Waals surface area contributed by atoms with E-state index < -0.39 is 5.97 Å². The minimum Gasteiger partial charge on any atom is -0.545 e. The van der Waals surface area contributed by atoms with Gasteiger partial charge in [0.15, 0.2) is 5.58 Å². The topological polar surface area (TPSA) is 108 Å². The smallest absolute Gasteiger partial charge is 0.336 e. The molecule has 3 aromatic rings. The van der Waals surface area contributed by atoms with Gasteiger partial charge in [-0.15, -0.1) is 0 Å². The average molecular weight is 356 g/mol. The van der Waals surface area contributed by atoms with E-state index in [2.05, 4.69) is 4.98 Å². The minimum absolute atomic E-state index is 0.109. The van der Waals surface area contributed by atoms with Crippen LogP contribution in [0.3, 0.4) is 0 Å². The monoisotopic (exact) mass is 356 g/mol. The number of carbonyl (C=O) groups excluding carboxylic acids is 1. The number of aryl methyl sites for hydroxylation is 1. The van der Waals surface area contributed by atoms with E-state index >= 15 is 0 Å². The van der Waals surface area contributed by atoms with Gasteiger partial charge in [-0.2, -0.15) is 0 Å². The first-order valence-corrected chi connectivity index (χ1v) is 7.95. The number of carboxylic acids is 1. The number of pyridine rings is 1. The van der Waals surface area contributed by atoms with Crippen LogP contribution in [0.25, 0.3) is 11.0 Å². The fourth-order valence-electron chi connectivity index (χ4n) is 2.44. The molecule has 2 N–H and O–H groups in total. The van der Waals surface area contributed by atoms with Crippen LogP contribution in [0.15, 0.2) is 51.9 Å². The van der Waals surface area contributed by atoms with Gasteiger partial charge in [-0.25, -0.2) is 4.79 Å². The molecule has 0 aliphatic rings. The zero-order valence-corrected chi connectivity index (χ0v) is 14.8. The first-order valence-electron chi connectivity index (χ1n) is 7.95. The number of aromatic hydroxyl groups is 1. The van der Waals surface area contributed by atoms with Crippen molar-refractivity contribution >= 4 is 16.9 Å². The van der Waals surface area contributed by atoms with Gasteiger partial charge in [-0.1, -0.05) is 6.07 Å². The second-order valence-electron chi connectivity index (χ2n) is 6.10. The van der Waals surface area contributed by atoms with Gasteiger partial charge in [0, 0.05) is 29.4 Å². The number of benzene rings is 1. The van der Waals surface area contributed by atoms with Crippen molar-refractivity contribution in [2.75, 3.05) is 14.1 Å². The number of hydrogen-bond acceptors (Lipinski definition) is 6. The van der Waals surface area contributed by atoms with E-state index in [0.717, 1.165) is 15.8 Å². The van der Waals surface area contributed by atoms with Crippen LogP contribution < -0.4 is 15.6 Å². The molecule has 0 saturated heterocycles. The molecule has 0 radical (unpaired) electrons. The van der Waals surface area contributed by atoms with Crippen molar-refractivity contribution < 1.29 is 24.3 Å². The minimum atomic E-state index is -1.19. The Morgan fingerprint density at radius 3 is 2.58 bits per heavy atom. The molecule has 0 saturated carbocycles. The van der Waals surface area contributed by atoms with Gasteiger partial charge in [0.25, 0.3) is 0 Å². The van der Waals surface area contributed by atoms with E-state index in [1.54, 1.807) is 18.2 Å². The Hall–Kier alpha value is -3.19. The molecule has 3 rings (SSSR count). The highest BCUT2D eigenvalue weighted by Crippen LogP contribution is 2.27. The molecule has 1 aromatic carbocycles. The Kier molecular flexibility index (Phi) is 6.08. The number of quaternary nitrogens is 1. The predicted octanol–water partition coefficient (Wildman–Crippen LogP) is -0.103. The Labute approximate surface area is 150 Å². The van der Waals surface area contributed by atoms with Crippen LogP contribution in [-0.2, 0) is 6.54 Å². The number of aromatic nitrogens is 1. The number of phenolic OH excluding ortho intramolecular Hbond substituents is 1. The molecule has 2 heterocycles.